The molecule has 0 aromatic heterocycles. The first-order valence-electron chi connectivity index (χ1n) is 3.21. The van der Waals surface area contributed by atoms with E-state index >= 15 is 0 Å². The largest absolute Gasteiger partial charge is 0.344 e. The highest BCUT2D eigenvalue weighted by atomic mass is 35.5. The van der Waals surface area contributed by atoms with E-state index in [0.29, 0.717) is 0 Å². The molecule has 3 heteroatoms. The van der Waals surface area contributed by atoms with Crippen LogP contribution in [0.15, 0.2) is 25.3 Å². The lowest BCUT2D eigenvalue weighted by Gasteiger charge is -2.11. The van der Waals surface area contributed by atoms with Crippen LogP contribution in [0.2, 0.25) is 0 Å². The van der Waals surface area contributed by atoms with E-state index in [1.165, 1.54) is 0 Å². The lowest BCUT2D eigenvalue weighted by molar-refractivity contribution is 0.378. The third-order valence-electron chi connectivity index (χ3n) is 1.16. The van der Waals surface area contributed by atoms with Crippen molar-refractivity contribution in [3.05, 3.63) is 25.3 Å². The lowest BCUT2D eigenvalue weighted by atomic mass is 10.4. The molecule has 0 saturated carbocycles. The summed E-state index contributed by atoms with van der Waals surface area (Å²) in [4.78, 5) is 2.20. The van der Waals surface area contributed by atoms with Crippen molar-refractivity contribution in [1.29, 1.82) is 0 Å². The number of likely N-dealkylation sites (N-methyl/N-ethyl adjacent to an activating group) is 1. The van der Waals surface area contributed by atoms with Crippen molar-refractivity contribution in [3.63, 3.8) is 0 Å². The predicted molar refractivity (Wildman–Crippen MR) is 54.8 cm³/mol. The lowest BCUT2D eigenvalue weighted by Crippen LogP contribution is -2.18. The van der Waals surface area contributed by atoms with Crippen LogP contribution < -0.4 is 6.15 Å². The Kier molecular flexibility index (Phi) is 19.1. The van der Waals surface area contributed by atoms with Gasteiger partial charge < -0.3 is 11.1 Å². The second-order valence-corrected chi connectivity index (χ2v) is 2.13. The molecule has 0 atom stereocenters. The Morgan fingerprint density at radius 1 is 1.27 bits per heavy atom. The van der Waals surface area contributed by atoms with Crippen LogP contribution in [0.1, 0.15) is 6.42 Å². The van der Waals surface area contributed by atoms with Gasteiger partial charge in [-0.25, -0.2) is 0 Å². The summed E-state index contributed by atoms with van der Waals surface area (Å²) < 4.78 is 0. The van der Waals surface area contributed by atoms with Gasteiger partial charge in [0.2, 0.25) is 0 Å². The zero-order chi connectivity index (χ0) is 7.11. The Labute approximate surface area is 76.0 Å². The van der Waals surface area contributed by atoms with Crippen molar-refractivity contribution in [1.82, 2.24) is 11.1 Å². The Bertz CT molecular complexity index is 94.1. The molecule has 11 heavy (non-hydrogen) atoms. The van der Waals surface area contributed by atoms with E-state index in [0.717, 1.165) is 19.5 Å². The molecule has 0 amide bonds. The van der Waals surface area contributed by atoms with Crippen molar-refractivity contribution in [3.8, 4) is 0 Å². The first kappa shape index (κ1) is 17.0. The van der Waals surface area contributed by atoms with E-state index in [2.05, 4.69) is 25.1 Å². The quantitative estimate of drug-likeness (QED) is 0.656. The van der Waals surface area contributed by atoms with Gasteiger partial charge in [-0.2, -0.15) is 0 Å². The van der Waals surface area contributed by atoms with Crippen molar-refractivity contribution < 1.29 is 0 Å². The second kappa shape index (κ2) is 12.4. The van der Waals surface area contributed by atoms with Crippen molar-refractivity contribution in [2.75, 3.05) is 20.1 Å². The summed E-state index contributed by atoms with van der Waals surface area (Å²) in [5.41, 5.74) is 0. The van der Waals surface area contributed by atoms with E-state index in [4.69, 9.17) is 0 Å². The van der Waals surface area contributed by atoms with Crippen LogP contribution in [0.3, 0.4) is 0 Å². The molecule has 0 aliphatic carbocycles. The molecular weight excluding hydrogens is 160 g/mol. The number of hydrogen-bond acceptors (Lipinski definition) is 2. The van der Waals surface area contributed by atoms with Gasteiger partial charge in [-0.15, -0.1) is 25.6 Å². The molecule has 0 bridgehead atoms. The topological polar surface area (TPSA) is 38.2 Å². The van der Waals surface area contributed by atoms with E-state index in [9.17, 15) is 0 Å². The average Bonchev–Trinajstić information content (AvgIpc) is 1.85. The first-order chi connectivity index (χ1) is 4.31. The fraction of sp³-hybridized carbons (Fsp3) is 0.500. The molecule has 0 aliphatic rings. The molecular formula is C8H19ClN2. The summed E-state index contributed by atoms with van der Waals surface area (Å²) in [6.07, 6.45) is 4.90. The van der Waals surface area contributed by atoms with Crippen LogP contribution in [0.5, 0.6) is 0 Å². The van der Waals surface area contributed by atoms with Gasteiger partial charge in [0.25, 0.3) is 0 Å². The Balaban J connectivity index is -0.000000320. The fourth-order valence-corrected chi connectivity index (χ4v) is 0.623. The maximum absolute atomic E-state index is 3.64. The minimum absolute atomic E-state index is 0. The van der Waals surface area contributed by atoms with Gasteiger partial charge in [0.05, 0.1) is 0 Å². The maximum Gasteiger partial charge on any atom is 0.0157 e. The van der Waals surface area contributed by atoms with Crippen LogP contribution >= 0.6 is 12.4 Å². The van der Waals surface area contributed by atoms with Gasteiger partial charge in [-0.1, -0.05) is 12.2 Å². The molecule has 0 radical (unpaired) electrons. The average molecular weight is 179 g/mol. The highest BCUT2D eigenvalue weighted by Gasteiger charge is 1.89. The minimum Gasteiger partial charge on any atom is -0.344 e. The van der Waals surface area contributed by atoms with Gasteiger partial charge in [0, 0.05) is 13.1 Å². The second-order valence-electron chi connectivity index (χ2n) is 2.13. The van der Waals surface area contributed by atoms with Gasteiger partial charge in [0.15, 0.2) is 0 Å². The smallest absolute Gasteiger partial charge is 0.0157 e. The zero-order valence-electron chi connectivity index (χ0n) is 7.25. The minimum atomic E-state index is 0. The summed E-state index contributed by atoms with van der Waals surface area (Å²) in [5, 5.41) is 0. The van der Waals surface area contributed by atoms with Crippen LogP contribution in [0.4, 0.5) is 0 Å². The Hall–Kier alpha value is -0.310. The van der Waals surface area contributed by atoms with E-state index < -0.39 is 0 Å². The third kappa shape index (κ3) is 12.8. The SMILES string of the molecule is C=CCCN(C)CC=C.Cl.N. The number of rotatable bonds is 5. The Morgan fingerprint density at radius 2 is 1.82 bits per heavy atom. The molecule has 3 N–H and O–H groups in total. The predicted octanol–water partition coefficient (Wildman–Crippen LogP) is 2.26. The first-order valence-corrected chi connectivity index (χ1v) is 3.21. The van der Waals surface area contributed by atoms with Crippen LogP contribution in [0.25, 0.3) is 0 Å². The molecule has 0 unspecified atom stereocenters. The van der Waals surface area contributed by atoms with E-state index in [1.807, 2.05) is 12.2 Å². The molecule has 0 rings (SSSR count). The summed E-state index contributed by atoms with van der Waals surface area (Å²) in [6, 6.07) is 0. The summed E-state index contributed by atoms with van der Waals surface area (Å²) in [7, 11) is 2.07. The summed E-state index contributed by atoms with van der Waals surface area (Å²) >= 11 is 0. The standard InChI is InChI=1S/C8H15N.ClH.H3N/c1-4-6-8-9(3)7-5-2;;/h4-5H,1-2,6-8H2,3H3;1H;1H3. The molecule has 0 spiro atoms. The number of halogens is 1. The van der Waals surface area contributed by atoms with Gasteiger partial charge in [-0.05, 0) is 13.5 Å². The molecule has 2 nitrogen and oxygen atoms in total. The fourth-order valence-electron chi connectivity index (χ4n) is 0.623. The van der Waals surface area contributed by atoms with Gasteiger partial charge >= 0.3 is 0 Å². The van der Waals surface area contributed by atoms with Gasteiger partial charge in [-0.3, -0.25) is 0 Å². The van der Waals surface area contributed by atoms with E-state index in [1.54, 1.807) is 0 Å². The number of hydrogen-bond donors (Lipinski definition) is 1. The third-order valence-corrected chi connectivity index (χ3v) is 1.16. The molecule has 68 valence electrons. The monoisotopic (exact) mass is 178 g/mol. The summed E-state index contributed by atoms with van der Waals surface area (Å²) in [6.45, 7) is 9.33. The Morgan fingerprint density at radius 3 is 2.18 bits per heavy atom. The van der Waals surface area contributed by atoms with Crippen molar-refractivity contribution >= 4 is 12.4 Å². The van der Waals surface area contributed by atoms with Crippen molar-refractivity contribution in [2.24, 2.45) is 0 Å². The zero-order valence-corrected chi connectivity index (χ0v) is 8.07. The molecule has 0 saturated heterocycles. The van der Waals surface area contributed by atoms with Gasteiger partial charge in [0.1, 0.15) is 0 Å². The highest BCUT2D eigenvalue weighted by Crippen LogP contribution is 1.86. The maximum atomic E-state index is 3.64. The van der Waals surface area contributed by atoms with Crippen LogP contribution in [0, 0.1) is 0 Å². The molecule has 0 aromatic carbocycles. The highest BCUT2D eigenvalue weighted by molar-refractivity contribution is 5.85. The molecule has 0 fully saturated rings. The number of nitrogens with zero attached hydrogens (tertiary/aromatic N) is 1. The normalized spacial score (nSPS) is 7.82. The van der Waals surface area contributed by atoms with Crippen LogP contribution in [-0.2, 0) is 0 Å². The molecule has 0 aromatic rings. The van der Waals surface area contributed by atoms with E-state index in [-0.39, 0.29) is 18.6 Å². The summed E-state index contributed by atoms with van der Waals surface area (Å²) in [5.74, 6) is 0. The van der Waals surface area contributed by atoms with Crippen molar-refractivity contribution in [2.45, 2.75) is 6.42 Å². The molecule has 0 heterocycles. The molecule has 0 aliphatic heterocycles. The van der Waals surface area contributed by atoms with Crippen LogP contribution in [-0.4, -0.2) is 25.0 Å².